The third-order valence-electron chi connectivity index (χ3n) is 4.93. The minimum absolute atomic E-state index is 0.0182. The summed E-state index contributed by atoms with van der Waals surface area (Å²) in [5.74, 6) is -0.269. The van der Waals surface area contributed by atoms with Gasteiger partial charge in [-0.3, -0.25) is 14.2 Å². The van der Waals surface area contributed by atoms with Gasteiger partial charge in [0.2, 0.25) is 5.91 Å². The average Bonchev–Trinajstić information content (AvgIpc) is 3.15. The van der Waals surface area contributed by atoms with Gasteiger partial charge in [0.05, 0.1) is 17.4 Å². The number of aryl methyl sites for hydroxylation is 3. The van der Waals surface area contributed by atoms with Gasteiger partial charge in [-0.2, -0.15) is 0 Å². The van der Waals surface area contributed by atoms with Crippen molar-refractivity contribution in [1.82, 2.24) is 9.55 Å². The molecule has 30 heavy (non-hydrogen) atoms. The van der Waals surface area contributed by atoms with E-state index in [-0.39, 0.29) is 30.2 Å². The van der Waals surface area contributed by atoms with E-state index in [2.05, 4.69) is 10.3 Å². The smallest absolute Gasteiger partial charge is 0.262 e. The Kier molecular flexibility index (Phi) is 5.37. The lowest BCUT2D eigenvalue weighted by atomic mass is 10.1. The van der Waals surface area contributed by atoms with Crippen LogP contribution in [0.3, 0.4) is 0 Å². The number of carbonyl (C=O) groups is 1. The molecule has 2 N–H and O–H groups in total. The highest BCUT2D eigenvalue weighted by molar-refractivity contribution is 7.17. The number of fused-ring (bicyclic) bond motifs is 1. The number of benzene rings is 2. The largest absolute Gasteiger partial charge is 0.506 e. The summed E-state index contributed by atoms with van der Waals surface area (Å²) in [5, 5.41) is 15.1. The molecule has 0 radical (unpaired) electrons. The first-order valence-electron chi connectivity index (χ1n) is 9.55. The lowest BCUT2D eigenvalue weighted by Crippen LogP contribution is -2.23. The van der Waals surface area contributed by atoms with Crippen LogP contribution in [-0.2, 0) is 11.3 Å². The molecule has 0 aliphatic carbocycles. The van der Waals surface area contributed by atoms with Gasteiger partial charge >= 0.3 is 0 Å². The van der Waals surface area contributed by atoms with E-state index in [1.165, 1.54) is 22.2 Å². The predicted molar refractivity (Wildman–Crippen MR) is 120 cm³/mol. The van der Waals surface area contributed by atoms with E-state index in [9.17, 15) is 14.7 Å². The molecule has 0 spiro atoms. The van der Waals surface area contributed by atoms with Gasteiger partial charge in [-0.1, -0.05) is 35.9 Å². The van der Waals surface area contributed by atoms with Crippen molar-refractivity contribution in [1.29, 1.82) is 0 Å². The molecule has 6 nitrogen and oxygen atoms in total. The summed E-state index contributed by atoms with van der Waals surface area (Å²) < 4.78 is 1.46. The summed E-state index contributed by atoms with van der Waals surface area (Å²) >= 11 is 1.43. The van der Waals surface area contributed by atoms with Crippen LogP contribution in [0.4, 0.5) is 5.69 Å². The molecule has 1 amide bonds. The van der Waals surface area contributed by atoms with E-state index in [1.54, 1.807) is 18.2 Å². The molecule has 2 aromatic carbocycles. The first-order valence-corrected chi connectivity index (χ1v) is 10.4. The fraction of sp³-hybridized carbons (Fsp3) is 0.174. The van der Waals surface area contributed by atoms with E-state index in [4.69, 9.17) is 0 Å². The summed E-state index contributed by atoms with van der Waals surface area (Å²) in [7, 11) is 0. The summed E-state index contributed by atoms with van der Waals surface area (Å²) in [5.41, 5.74) is 4.07. The zero-order chi connectivity index (χ0) is 21.3. The fourth-order valence-corrected chi connectivity index (χ4v) is 4.16. The second kappa shape index (κ2) is 8.12. The van der Waals surface area contributed by atoms with Crippen LogP contribution in [0.2, 0.25) is 0 Å². The molecule has 2 aromatic heterocycles. The van der Waals surface area contributed by atoms with Crippen LogP contribution in [0.25, 0.3) is 21.3 Å². The fourth-order valence-electron chi connectivity index (χ4n) is 3.25. The molecule has 4 rings (SSSR count). The first-order chi connectivity index (χ1) is 14.4. The zero-order valence-electron chi connectivity index (χ0n) is 16.7. The molecule has 0 fully saturated rings. The Balaban J connectivity index is 1.55. The molecule has 0 atom stereocenters. The van der Waals surface area contributed by atoms with Crippen LogP contribution in [0.15, 0.2) is 59.0 Å². The molecule has 4 aromatic rings. The Hall–Kier alpha value is -3.45. The number of phenolic OH excluding ortho intramolecular Hbond substituents is 1. The van der Waals surface area contributed by atoms with Gasteiger partial charge in [0, 0.05) is 23.9 Å². The lowest BCUT2D eigenvalue weighted by Gasteiger charge is -2.09. The highest BCUT2D eigenvalue weighted by atomic mass is 32.1. The van der Waals surface area contributed by atoms with E-state index >= 15 is 0 Å². The van der Waals surface area contributed by atoms with E-state index in [0.717, 1.165) is 22.3 Å². The third-order valence-corrected chi connectivity index (χ3v) is 5.82. The van der Waals surface area contributed by atoms with Crippen molar-refractivity contribution in [3.8, 4) is 16.9 Å². The first kappa shape index (κ1) is 19.8. The minimum atomic E-state index is -0.287. The number of thiophene rings is 1. The molecule has 0 aliphatic rings. The van der Waals surface area contributed by atoms with Crippen molar-refractivity contribution in [3.05, 3.63) is 75.7 Å². The summed E-state index contributed by atoms with van der Waals surface area (Å²) in [6.45, 7) is 4.07. The topological polar surface area (TPSA) is 84.2 Å². The number of amides is 1. The number of aromatic hydroxyl groups is 1. The Morgan fingerprint density at radius 2 is 1.87 bits per heavy atom. The van der Waals surface area contributed by atoms with Crippen LogP contribution in [-0.4, -0.2) is 20.6 Å². The molecular formula is C23H21N3O3S. The molecule has 0 unspecified atom stereocenters. The van der Waals surface area contributed by atoms with Crippen molar-refractivity contribution >= 4 is 33.1 Å². The summed E-state index contributed by atoms with van der Waals surface area (Å²) in [6, 6.07) is 13.1. The molecule has 0 aliphatic heterocycles. The maximum atomic E-state index is 13.1. The van der Waals surface area contributed by atoms with Crippen LogP contribution in [0.1, 0.15) is 17.5 Å². The number of rotatable bonds is 5. The molecule has 7 heteroatoms. The quantitative estimate of drug-likeness (QED) is 0.467. The van der Waals surface area contributed by atoms with E-state index < -0.39 is 0 Å². The second-order valence-electron chi connectivity index (χ2n) is 7.26. The van der Waals surface area contributed by atoms with Gasteiger partial charge in [0.25, 0.3) is 5.56 Å². The van der Waals surface area contributed by atoms with Crippen molar-refractivity contribution in [2.75, 3.05) is 5.32 Å². The van der Waals surface area contributed by atoms with Crippen LogP contribution >= 0.6 is 11.3 Å². The monoisotopic (exact) mass is 419 g/mol. The third kappa shape index (κ3) is 3.97. The van der Waals surface area contributed by atoms with Gasteiger partial charge < -0.3 is 10.4 Å². The van der Waals surface area contributed by atoms with Gasteiger partial charge in [-0.25, -0.2) is 4.98 Å². The van der Waals surface area contributed by atoms with Gasteiger partial charge in [0.15, 0.2) is 0 Å². The number of nitrogens with one attached hydrogen (secondary N) is 1. The number of hydrogen-bond acceptors (Lipinski definition) is 5. The number of hydrogen-bond donors (Lipinski definition) is 2. The highest BCUT2D eigenvalue weighted by Gasteiger charge is 2.14. The average molecular weight is 420 g/mol. The minimum Gasteiger partial charge on any atom is -0.506 e. The highest BCUT2D eigenvalue weighted by Crippen LogP contribution is 2.30. The summed E-state index contributed by atoms with van der Waals surface area (Å²) in [6.07, 6.45) is 1.57. The van der Waals surface area contributed by atoms with Crippen molar-refractivity contribution in [2.24, 2.45) is 0 Å². The molecule has 2 heterocycles. The Bertz CT molecular complexity index is 1290. The van der Waals surface area contributed by atoms with Gasteiger partial charge in [-0.05, 0) is 37.1 Å². The SMILES string of the molecule is Cc1ccc(-c2csc3ncn(CCC(=O)Nc4ccc(C)cc4O)c(=O)c23)cc1. The van der Waals surface area contributed by atoms with Gasteiger partial charge in [-0.15, -0.1) is 11.3 Å². The maximum Gasteiger partial charge on any atom is 0.262 e. The van der Waals surface area contributed by atoms with Crippen molar-refractivity contribution < 1.29 is 9.90 Å². The number of carbonyl (C=O) groups excluding carboxylic acids is 1. The number of nitrogens with zero attached hydrogens (tertiary/aromatic N) is 2. The van der Waals surface area contributed by atoms with E-state index in [0.29, 0.717) is 15.9 Å². The number of phenols is 1. The number of aromatic nitrogens is 2. The predicted octanol–water partition coefficient (Wildman–Crippen LogP) is 4.48. The molecular weight excluding hydrogens is 398 g/mol. The summed E-state index contributed by atoms with van der Waals surface area (Å²) in [4.78, 5) is 30.5. The Morgan fingerprint density at radius 1 is 1.13 bits per heavy atom. The maximum absolute atomic E-state index is 13.1. The molecule has 0 saturated carbocycles. The normalized spacial score (nSPS) is 11.0. The second-order valence-corrected chi connectivity index (χ2v) is 8.12. The van der Waals surface area contributed by atoms with Crippen LogP contribution in [0, 0.1) is 13.8 Å². The molecule has 152 valence electrons. The van der Waals surface area contributed by atoms with Crippen molar-refractivity contribution in [2.45, 2.75) is 26.8 Å². The zero-order valence-corrected chi connectivity index (χ0v) is 17.5. The van der Waals surface area contributed by atoms with E-state index in [1.807, 2.05) is 43.5 Å². The van der Waals surface area contributed by atoms with Crippen molar-refractivity contribution in [3.63, 3.8) is 0 Å². The molecule has 0 saturated heterocycles. The Morgan fingerprint density at radius 3 is 2.60 bits per heavy atom. The Labute approximate surface area is 177 Å². The standard InChI is InChI=1S/C23H21N3O3S/c1-14-3-6-16(7-4-14)17-12-30-22-21(17)23(29)26(13-24-22)10-9-20(28)25-18-8-5-15(2)11-19(18)27/h3-8,11-13,27H,9-10H2,1-2H3,(H,25,28). The molecule has 0 bridgehead atoms. The number of anilines is 1. The van der Waals surface area contributed by atoms with Crippen LogP contribution in [0.5, 0.6) is 5.75 Å². The van der Waals surface area contributed by atoms with Crippen LogP contribution < -0.4 is 10.9 Å². The van der Waals surface area contributed by atoms with Gasteiger partial charge in [0.1, 0.15) is 10.6 Å². The lowest BCUT2D eigenvalue weighted by molar-refractivity contribution is -0.116.